The van der Waals surface area contributed by atoms with Crippen LogP contribution < -0.4 is 10.0 Å². The summed E-state index contributed by atoms with van der Waals surface area (Å²) in [6, 6.07) is 3.83. The van der Waals surface area contributed by atoms with Crippen LogP contribution in [-0.4, -0.2) is 34.7 Å². The maximum absolute atomic E-state index is 14.0. The van der Waals surface area contributed by atoms with Crippen LogP contribution in [0.25, 0.3) is 0 Å². The van der Waals surface area contributed by atoms with Crippen LogP contribution in [0, 0.1) is 5.82 Å². The minimum Gasteiger partial charge on any atom is -0.385 e. The molecule has 0 bridgehead atoms. The maximum Gasteiger partial charge on any atom is 0.243 e. The summed E-state index contributed by atoms with van der Waals surface area (Å²) in [6.07, 6.45) is 0.524. The van der Waals surface area contributed by atoms with E-state index in [4.69, 9.17) is 4.74 Å². The van der Waals surface area contributed by atoms with Gasteiger partial charge in [0.15, 0.2) is 0 Å². The largest absolute Gasteiger partial charge is 0.385 e. The van der Waals surface area contributed by atoms with Crippen molar-refractivity contribution in [2.75, 3.05) is 20.3 Å². The molecule has 1 aromatic rings. The zero-order chi connectivity index (χ0) is 15.9. The van der Waals surface area contributed by atoms with Crippen LogP contribution in [0.4, 0.5) is 4.39 Å². The molecule has 0 radical (unpaired) electrons. The normalized spacial score (nSPS) is 13.3. The van der Waals surface area contributed by atoms with Gasteiger partial charge in [-0.2, -0.15) is 0 Å². The standard InChI is InChI=1S/C14H23FN2O3S/c1-4-16-10-12-5-6-14(13(15)9-12)21(18,19)17-11(2)7-8-20-3/h5-6,9,11,16-17H,4,7-8,10H2,1-3H3. The molecule has 0 aliphatic carbocycles. The number of methoxy groups -OCH3 is 1. The van der Waals surface area contributed by atoms with Crippen molar-refractivity contribution in [2.45, 2.75) is 37.8 Å². The Morgan fingerprint density at radius 2 is 2.10 bits per heavy atom. The van der Waals surface area contributed by atoms with Gasteiger partial charge in [-0.05, 0) is 37.6 Å². The third kappa shape index (κ3) is 5.70. The number of hydrogen-bond donors (Lipinski definition) is 2. The van der Waals surface area contributed by atoms with E-state index in [0.29, 0.717) is 25.1 Å². The molecule has 21 heavy (non-hydrogen) atoms. The van der Waals surface area contributed by atoms with Crippen molar-refractivity contribution in [1.82, 2.24) is 10.0 Å². The van der Waals surface area contributed by atoms with E-state index in [1.54, 1.807) is 20.1 Å². The van der Waals surface area contributed by atoms with Gasteiger partial charge in [-0.15, -0.1) is 0 Å². The van der Waals surface area contributed by atoms with Gasteiger partial charge in [0.05, 0.1) is 0 Å². The molecule has 1 rings (SSSR count). The van der Waals surface area contributed by atoms with Crippen LogP contribution in [0.15, 0.2) is 23.1 Å². The van der Waals surface area contributed by atoms with E-state index in [9.17, 15) is 12.8 Å². The third-order valence-electron chi connectivity index (χ3n) is 2.98. The summed E-state index contributed by atoms with van der Waals surface area (Å²) in [5.74, 6) is -0.739. The van der Waals surface area contributed by atoms with E-state index in [1.807, 2.05) is 6.92 Å². The molecule has 0 amide bonds. The molecule has 2 N–H and O–H groups in total. The van der Waals surface area contributed by atoms with Crippen LogP contribution in [0.1, 0.15) is 25.8 Å². The van der Waals surface area contributed by atoms with Crippen LogP contribution in [0.3, 0.4) is 0 Å². The minimum absolute atomic E-state index is 0.323. The van der Waals surface area contributed by atoms with Crippen molar-refractivity contribution in [3.05, 3.63) is 29.6 Å². The van der Waals surface area contributed by atoms with E-state index < -0.39 is 15.8 Å². The Bertz CT molecular complexity index is 549. The molecule has 0 aliphatic rings. The lowest BCUT2D eigenvalue weighted by molar-refractivity contribution is 0.188. The first-order valence-corrected chi connectivity index (χ1v) is 8.39. The molecule has 1 atom stereocenters. The molecule has 1 unspecified atom stereocenters. The van der Waals surface area contributed by atoms with Crippen LogP contribution >= 0.6 is 0 Å². The highest BCUT2D eigenvalue weighted by atomic mass is 32.2. The van der Waals surface area contributed by atoms with Gasteiger partial charge in [-0.25, -0.2) is 17.5 Å². The maximum atomic E-state index is 14.0. The fourth-order valence-electron chi connectivity index (χ4n) is 1.82. The third-order valence-corrected chi connectivity index (χ3v) is 4.60. The zero-order valence-corrected chi connectivity index (χ0v) is 13.5. The topological polar surface area (TPSA) is 67.4 Å². The summed E-state index contributed by atoms with van der Waals surface area (Å²) in [5.41, 5.74) is 0.709. The smallest absolute Gasteiger partial charge is 0.243 e. The van der Waals surface area contributed by atoms with Gasteiger partial charge >= 0.3 is 0 Å². The molecule has 0 aromatic heterocycles. The quantitative estimate of drug-likeness (QED) is 0.726. The molecule has 7 heteroatoms. The lowest BCUT2D eigenvalue weighted by Gasteiger charge is -2.14. The predicted molar refractivity (Wildman–Crippen MR) is 80.1 cm³/mol. The van der Waals surface area contributed by atoms with Gasteiger partial charge in [-0.1, -0.05) is 13.0 Å². The molecule has 0 saturated heterocycles. The van der Waals surface area contributed by atoms with Crippen LogP contribution in [-0.2, 0) is 21.3 Å². The van der Waals surface area contributed by atoms with E-state index in [2.05, 4.69) is 10.0 Å². The second-order valence-corrected chi connectivity index (χ2v) is 6.53. The van der Waals surface area contributed by atoms with E-state index >= 15 is 0 Å². The molecule has 0 heterocycles. The highest BCUT2D eigenvalue weighted by Crippen LogP contribution is 2.16. The van der Waals surface area contributed by atoms with Crippen molar-refractivity contribution in [3.63, 3.8) is 0 Å². The molecule has 0 aliphatic heterocycles. The van der Waals surface area contributed by atoms with Crippen molar-refractivity contribution in [1.29, 1.82) is 0 Å². The molecule has 0 fully saturated rings. The Kier molecular flexibility index (Phi) is 7.24. The highest BCUT2D eigenvalue weighted by Gasteiger charge is 2.21. The van der Waals surface area contributed by atoms with Crippen molar-refractivity contribution < 1.29 is 17.5 Å². The Labute approximate surface area is 125 Å². The van der Waals surface area contributed by atoms with Gasteiger partial charge in [0, 0.05) is 26.3 Å². The highest BCUT2D eigenvalue weighted by molar-refractivity contribution is 7.89. The Morgan fingerprint density at radius 3 is 2.67 bits per heavy atom. The number of hydrogen-bond acceptors (Lipinski definition) is 4. The van der Waals surface area contributed by atoms with E-state index in [-0.39, 0.29) is 10.9 Å². The molecular formula is C14H23FN2O3S. The Balaban J connectivity index is 2.83. The first kappa shape index (κ1) is 18.0. The second-order valence-electron chi connectivity index (χ2n) is 4.85. The lowest BCUT2D eigenvalue weighted by atomic mass is 10.2. The van der Waals surface area contributed by atoms with E-state index in [0.717, 1.165) is 6.54 Å². The Morgan fingerprint density at radius 1 is 1.38 bits per heavy atom. The first-order valence-electron chi connectivity index (χ1n) is 6.91. The molecule has 1 aromatic carbocycles. The number of halogens is 1. The fraction of sp³-hybridized carbons (Fsp3) is 0.571. The first-order chi connectivity index (χ1) is 9.90. The molecule has 0 spiro atoms. The molecule has 0 saturated carbocycles. The van der Waals surface area contributed by atoms with Gasteiger partial charge < -0.3 is 10.1 Å². The average Bonchev–Trinajstić information content (AvgIpc) is 2.42. The number of rotatable bonds is 9. The average molecular weight is 318 g/mol. The second kappa shape index (κ2) is 8.43. The molecular weight excluding hydrogens is 295 g/mol. The number of benzene rings is 1. The van der Waals surface area contributed by atoms with Crippen LogP contribution in [0.2, 0.25) is 0 Å². The number of ether oxygens (including phenoxy) is 1. The summed E-state index contributed by atoms with van der Waals surface area (Å²) >= 11 is 0. The summed E-state index contributed by atoms with van der Waals surface area (Å²) in [4.78, 5) is -0.327. The van der Waals surface area contributed by atoms with Crippen molar-refractivity contribution in [2.24, 2.45) is 0 Å². The number of nitrogens with one attached hydrogen (secondary N) is 2. The van der Waals surface area contributed by atoms with Gasteiger partial charge in [-0.3, -0.25) is 0 Å². The minimum atomic E-state index is -3.86. The molecule has 5 nitrogen and oxygen atoms in total. The van der Waals surface area contributed by atoms with E-state index in [1.165, 1.54) is 12.1 Å². The van der Waals surface area contributed by atoms with Crippen LogP contribution in [0.5, 0.6) is 0 Å². The van der Waals surface area contributed by atoms with Gasteiger partial charge in [0.1, 0.15) is 10.7 Å². The van der Waals surface area contributed by atoms with Gasteiger partial charge in [0.25, 0.3) is 0 Å². The SMILES string of the molecule is CCNCc1ccc(S(=O)(=O)NC(C)CCOC)c(F)c1. The summed E-state index contributed by atoms with van der Waals surface area (Å²) in [5, 5.41) is 3.06. The van der Waals surface area contributed by atoms with Gasteiger partial charge in [0.2, 0.25) is 10.0 Å². The predicted octanol–water partition coefficient (Wildman–Crippen LogP) is 1.64. The lowest BCUT2D eigenvalue weighted by Crippen LogP contribution is -2.33. The van der Waals surface area contributed by atoms with Crippen molar-refractivity contribution >= 4 is 10.0 Å². The summed E-state index contributed by atoms with van der Waals surface area (Å²) in [6.45, 7) is 5.37. The monoisotopic (exact) mass is 318 g/mol. The molecule has 120 valence electrons. The Hall–Kier alpha value is -1.02. The van der Waals surface area contributed by atoms with Crippen molar-refractivity contribution in [3.8, 4) is 0 Å². The zero-order valence-electron chi connectivity index (χ0n) is 12.6. The fourth-order valence-corrected chi connectivity index (χ4v) is 3.16. The number of sulfonamides is 1. The summed E-state index contributed by atoms with van der Waals surface area (Å²) in [7, 11) is -2.31. The summed E-state index contributed by atoms with van der Waals surface area (Å²) < 4.78 is 45.6.